The number of thiol groups is 1. The second-order valence-corrected chi connectivity index (χ2v) is 4.64. The molecule has 0 spiro atoms. The molecule has 1 rings (SSSR count). The number of nitrogens with zero attached hydrogens (tertiary/aromatic N) is 1. The molecular weight excluding hydrogens is 275 g/mol. The van der Waals surface area contributed by atoms with Gasteiger partial charge in [-0.2, -0.15) is 13.2 Å². The quantitative estimate of drug-likeness (QED) is 0.521. The molecule has 0 saturated heterocycles. The van der Waals surface area contributed by atoms with Crippen molar-refractivity contribution in [1.29, 1.82) is 0 Å². The SMILES string of the molecule is CC(C(=O)c1ccccc1C(F)(F)F)=C(S)N(C)C. The molecule has 0 aliphatic heterocycles. The summed E-state index contributed by atoms with van der Waals surface area (Å²) in [5.41, 5.74) is -1.12. The Kier molecular flexibility index (Phi) is 4.68. The summed E-state index contributed by atoms with van der Waals surface area (Å²) in [6.45, 7) is 1.46. The zero-order valence-electron chi connectivity index (χ0n) is 10.7. The molecule has 0 aliphatic rings. The summed E-state index contributed by atoms with van der Waals surface area (Å²) in [7, 11) is 3.32. The Labute approximate surface area is 115 Å². The van der Waals surface area contributed by atoms with E-state index in [0.29, 0.717) is 5.03 Å². The van der Waals surface area contributed by atoms with Crippen LogP contribution in [0.25, 0.3) is 0 Å². The van der Waals surface area contributed by atoms with Crippen LogP contribution in [0.1, 0.15) is 22.8 Å². The summed E-state index contributed by atoms with van der Waals surface area (Å²) in [5, 5.41) is 0.335. The number of rotatable bonds is 3. The molecule has 0 bridgehead atoms. The van der Waals surface area contributed by atoms with Crippen molar-refractivity contribution >= 4 is 18.4 Å². The largest absolute Gasteiger partial charge is 0.417 e. The van der Waals surface area contributed by atoms with Gasteiger partial charge >= 0.3 is 6.18 Å². The molecule has 104 valence electrons. The van der Waals surface area contributed by atoms with Gasteiger partial charge in [-0.1, -0.05) is 18.2 Å². The number of carbonyl (C=O) groups is 1. The summed E-state index contributed by atoms with van der Waals surface area (Å²) in [6, 6.07) is 4.73. The molecule has 2 nitrogen and oxygen atoms in total. The van der Waals surface area contributed by atoms with Crippen LogP contribution >= 0.6 is 12.6 Å². The molecule has 1 aromatic carbocycles. The second-order valence-electron chi connectivity index (χ2n) is 4.22. The molecule has 19 heavy (non-hydrogen) atoms. The van der Waals surface area contributed by atoms with E-state index in [1.54, 1.807) is 19.0 Å². The molecule has 0 saturated carbocycles. The van der Waals surface area contributed by atoms with Crippen molar-refractivity contribution < 1.29 is 18.0 Å². The monoisotopic (exact) mass is 289 g/mol. The lowest BCUT2D eigenvalue weighted by molar-refractivity contribution is -0.137. The van der Waals surface area contributed by atoms with Crippen LogP contribution in [0.15, 0.2) is 34.9 Å². The Bertz CT molecular complexity index is 521. The lowest BCUT2D eigenvalue weighted by Crippen LogP contribution is -2.17. The van der Waals surface area contributed by atoms with Crippen LogP contribution in [-0.4, -0.2) is 24.8 Å². The van der Waals surface area contributed by atoms with Gasteiger partial charge in [-0.15, -0.1) is 12.6 Å². The lowest BCUT2D eigenvalue weighted by Gasteiger charge is -2.16. The number of alkyl halides is 3. The Morgan fingerprint density at radius 1 is 1.21 bits per heavy atom. The molecule has 0 aliphatic carbocycles. The minimum absolute atomic E-state index is 0.171. The van der Waals surface area contributed by atoms with Gasteiger partial charge in [-0.3, -0.25) is 4.79 Å². The van der Waals surface area contributed by atoms with Crippen molar-refractivity contribution in [3.05, 3.63) is 46.0 Å². The van der Waals surface area contributed by atoms with E-state index in [-0.39, 0.29) is 11.1 Å². The number of benzene rings is 1. The highest BCUT2D eigenvalue weighted by Gasteiger charge is 2.35. The fourth-order valence-corrected chi connectivity index (χ4v) is 1.67. The van der Waals surface area contributed by atoms with Gasteiger partial charge < -0.3 is 4.90 Å². The Hall–Kier alpha value is -1.43. The first kappa shape index (κ1) is 15.6. The molecule has 0 radical (unpaired) electrons. The fourth-order valence-electron chi connectivity index (χ4n) is 1.57. The Morgan fingerprint density at radius 3 is 2.21 bits per heavy atom. The fraction of sp³-hybridized carbons (Fsp3) is 0.308. The maximum absolute atomic E-state index is 12.8. The van der Waals surface area contributed by atoms with Crippen LogP contribution in [0, 0.1) is 0 Å². The molecule has 0 unspecified atom stereocenters. The van der Waals surface area contributed by atoms with Crippen LogP contribution < -0.4 is 0 Å². The summed E-state index contributed by atoms with van der Waals surface area (Å²) in [6.07, 6.45) is -4.55. The minimum atomic E-state index is -4.55. The first-order chi connectivity index (χ1) is 8.66. The topological polar surface area (TPSA) is 20.3 Å². The van der Waals surface area contributed by atoms with Crippen LogP contribution in [0.2, 0.25) is 0 Å². The van der Waals surface area contributed by atoms with E-state index in [1.165, 1.54) is 25.1 Å². The van der Waals surface area contributed by atoms with Crippen molar-refractivity contribution in [1.82, 2.24) is 4.90 Å². The molecule has 0 heterocycles. The minimum Gasteiger partial charge on any atom is -0.372 e. The van der Waals surface area contributed by atoms with Crippen LogP contribution in [-0.2, 0) is 6.18 Å². The van der Waals surface area contributed by atoms with Crippen molar-refractivity contribution in [3.8, 4) is 0 Å². The van der Waals surface area contributed by atoms with Gasteiger partial charge in [0.1, 0.15) is 0 Å². The van der Waals surface area contributed by atoms with Crippen molar-refractivity contribution in [3.63, 3.8) is 0 Å². The van der Waals surface area contributed by atoms with E-state index in [0.717, 1.165) is 6.07 Å². The van der Waals surface area contributed by atoms with Gasteiger partial charge in [-0.05, 0) is 13.0 Å². The Balaban J connectivity index is 3.33. The summed E-state index contributed by atoms with van der Waals surface area (Å²) < 4.78 is 38.5. The van der Waals surface area contributed by atoms with E-state index < -0.39 is 17.5 Å². The average Bonchev–Trinajstić information content (AvgIpc) is 2.35. The van der Waals surface area contributed by atoms with Crippen LogP contribution in [0.3, 0.4) is 0 Å². The maximum Gasteiger partial charge on any atom is 0.417 e. The van der Waals surface area contributed by atoms with Gasteiger partial charge in [0.25, 0.3) is 0 Å². The maximum atomic E-state index is 12.8. The van der Waals surface area contributed by atoms with Gasteiger partial charge in [0.05, 0.1) is 10.6 Å². The standard InChI is InChI=1S/C13H14F3NOS/c1-8(12(19)17(2)3)11(18)9-6-4-5-7-10(9)13(14,15)16/h4-7,19H,1-3H3. The van der Waals surface area contributed by atoms with Crippen molar-refractivity contribution in [2.75, 3.05) is 14.1 Å². The number of halogens is 3. The van der Waals surface area contributed by atoms with Crippen LogP contribution in [0.4, 0.5) is 13.2 Å². The van der Waals surface area contributed by atoms with Crippen molar-refractivity contribution in [2.45, 2.75) is 13.1 Å². The van der Waals surface area contributed by atoms with Gasteiger partial charge in [0, 0.05) is 25.2 Å². The Morgan fingerprint density at radius 2 is 1.74 bits per heavy atom. The zero-order valence-corrected chi connectivity index (χ0v) is 11.6. The highest BCUT2D eigenvalue weighted by Crippen LogP contribution is 2.33. The van der Waals surface area contributed by atoms with Crippen molar-refractivity contribution in [2.24, 2.45) is 0 Å². The molecule has 1 aromatic rings. The van der Waals surface area contributed by atoms with E-state index in [9.17, 15) is 18.0 Å². The number of Topliss-reactive ketones (excluding diaryl/α,β-unsaturated/α-hetero) is 1. The first-order valence-electron chi connectivity index (χ1n) is 5.44. The third kappa shape index (κ3) is 3.53. The molecule has 0 aromatic heterocycles. The zero-order chi connectivity index (χ0) is 14.8. The highest BCUT2D eigenvalue weighted by molar-refractivity contribution is 7.84. The summed E-state index contributed by atoms with van der Waals surface area (Å²) in [5.74, 6) is -0.674. The third-order valence-corrected chi connectivity index (χ3v) is 3.31. The van der Waals surface area contributed by atoms with Gasteiger partial charge in [0.15, 0.2) is 5.78 Å². The smallest absolute Gasteiger partial charge is 0.372 e. The lowest BCUT2D eigenvalue weighted by atomic mass is 9.99. The van der Waals surface area contributed by atoms with E-state index in [2.05, 4.69) is 12.6 Å². The molecular formula is C13H14F3NOS. The number of allylic oxidation sites excluding steroid dienone is 1. The van der Waals surface area contributed by atoms with Gasteiger partial charge in [0.2, 0.25) is 0 Å². The number of ketones is 1. The van der Waals surface area contributed by atoms with Crippen LogP contribution in [0.5, 0.6) is 0 Å². The highest BCUT2D eigenvalue weighted by atomic mass is 32.1. The normalized spacial score (nSPS) is 13.0. The average molecular weight is 289 g/mol. The molecule has 0 amide bonds. The van der Waals surface area contributed by atoms with E-state index in [4.69, 9.17) is 0 Å². The second kappa shape index (κ2) is 5.69. The molecule has 0 N–H and O–H groups in total. The first-order valence-corrected chi connectivity index (χ1v) is 5.89. The number of hydrogen-bond acceptors (Lipinski definition) is 3. The molecule has 6 heteroatoms. The third-order valence-electron chi connectivity index (χ3n) is 2.58. The number of carbonyl (C=O) groups excluding carboxylic acids is 1. The predicted molar refractivity (Wildman–Crippen MR) is 71.1 cm³/mol. The van der Waals surface area contributed by atoms with Gasteiger partial charge in [-0.25, -0.2) is 0 Å². The number of hydrogen-bond donors (Lipinski definition) is 1. The van der Waals surface area contributed by atoms with E-state index >= 15 is 0 Å². The summed E-state index contributed by atoms with van der Waals surface area (Å²) in [4.78, 5) is 13.7. The predicted octanol–water partition coefficient (Wildman–Crippen LogP) is 3.61. The summed E-state index contributed by atoms with van der Waals surface area (Å²) >= 11 is 4.12. The molecule has 0 atom stereocenters. The molecule has 0 fully saturated rings. The van der Waals surface area contributed by atoms with E-state index in [1.807, 2.05) is 0 Å².